The van der Waals surface area contributed by atoms with Gasteiger partial charge >= 0.3 is 0 Å². The third kappa shape index (κ3) is 1.98. The van der Waals surface area contributed by atoms with Gasteiger partial charge in [0.05, 0.1) is 0 Å². The minimum absolute atomic E-state index is 0.117. The average molecular weight is 237 g/mol. The van der Waals surface area contributed by atoms with Gasteiger partial charge in [-0.25, -0.2) is 18.5 Å². The van der Waals surface area contributed by atoms with Crippen molar-refractivity contribution in [1.29, 1.82) is 0 Å². The van der Waals surface area contributed by atoms with Gasteiger partial charge in [0.2, 0.25) is 0 Å². The van der Waals surface area contributed by atoms with E-state index in [9.17, 15) is 8.42 Å². The van der Waals surface area contributed by atoms with Crippen molar-refractivity contribution < 1.29 is 8.42 Å². The first-order chi connectivity index (χ1) is 7.48. The highest BCUT2D eigenvalue weighted by Gasteiger charge is 2.15. The molecule has 0 radical (unpaired) electrons. The molecule has 0 fully saturated rings. The van der Waals surface area contributed by atoms with Crippen molar-refractivity contribution in [1.82, 2.24) is 9.55 Å². The summed E-state index contributed by atoms with van der Waals surface area (Å²) in [5.74, 6) is 0.574. The van der Waals surface area contributed by atoms with Gasteiger partial charge in [0.25, 0.3) is 10.0 Å². The summed E-state index contributed by atoms with van der Waals surface area (Å²) in [6.07, 6.45) is 1.40. The van der Waals surface area contributed by atoms with Crippen molar-refractivity contribution in [2.24, 2.45) is 12.2 Å². The second-order valence-corrected chi connectivity index (χ2v) is 4.93. The summed E-state index contributed by atoms with van der Waals surface area (Å²) < 4.78 is 23.9. The Kier molecular flexibility index (Phi) is 2.53. The van der Waals surface area contributed by atoms with Gasteiger partial charge in [-0.15, -0.1) is 0 Å². The molecule has 1 aromatic heterocycles. The lowest BCUT2D eigenvalue weighted by atomic mass is 10.2. The van der Waals surface area contributed by atoms with Gasteiger partial charge in [0.1, 0.15) is 5.82 Å². The molecule has 84 valence electrons. The van der Waals surface area contributed by atoms with E-state index in [1.807, 2.05) is 30.3 Å². The highest BCUT2D eigenvalue weighted by molar-refractivity contribution is 7.89. The highest BCUT2D eigenvalue weighted by Crippen LogP contribution is 2.18. The summed E-state index contributed by atoms with van der Waals surface area (Å²) >= 11 is 0. The SMILES string of the molecule is Cn1cc(S(N)(=O)=O)nc1-c1ccccc1. The van der Waals surface area contributed by atoms with E-state index in [0.717, 1.165) is 5.56 Å². The summed E-state index contributed by atoms with van der Waals surface area (Å²) in [7, 11) is -2.02. The second-order valence-electron chi connectivity index (χ2n) is 3.42. The van der Waals surface area contributed by atoms with Crippen molar-refractivity contribution in [3.8, 4) is 11.4 Å². The Morgan fingerprint density at radius 2 is 1.88 bits per heavy atom. The molecule has 2 aromatic rings. The van der Waals surface area contributed by atoms with Crippen LogP contribution in [0.3, 0.4) is 0 Å². The molecule has 0 saturated heterocycles. The van der Waals surface area contributed by atoms with Gasteiger partial charge < -0.3 is 4.57 Å². The van der Waals surface area contributed by atoms with E-state index in [2.05, 4.69) is 4.98 Å². The summed E-state index contributed by atoms with van der Waals surface area (Å²) in [5, 5.41) is 4.90. The highest BCUT2D eigenvalue weighted by atomic mass is 32.2. The molecule has 16 heavy (non-hydrogen) atoms. The van der Waals surface area contributed by atoms with Crippen LogP contribution in [0, 0.1) is 0 Å². The summed E-state index contributed by atoms with van der Waals surface area (Å²) in [5.41, 5.74) is 0.847. The standard InChI is InChI=1S/C10H11N3O2S/c1-13-7-9(16(11,14)15)12-10(13)8-5-3-2-4-6-8/h2-7H,1H3,(H2,11,14,15). The maximum Gasteiger partial charge on any atom is 0.257 e. The molecule has 0 unspecified atom stereocenters. The first-order valence-electron chi connectivity index (χ1n) is 4.60. The fourth-order valence-electron chi connectivity index (χ4n) is 1.43. The Bertz CT molecular complexity index is 602. The summed E-state index contributed by atoms with van der Waals surface area (Å²) in [4.78, 5) is 4.00. The van der Waals surface area contributed by atoms with Gasteiger partial charge in [-0.2, -0.15) is 0 Å². The fraction of sp³-hybridized carbons (Fsp3) is 0.100. The monoisotopic (exact) mass is 237 g/mol. The predicted molar refractivity (Wildman–Crippen MR) is 60.0 cm³/mol. The van der Waals surface area contributed by atoms with E-state index in [1.54, 1.807) is 11.6 Å². The van der Waals surface area contributed by atoms with Gasteiger partial charge in [0.15, 0.2) is 5.03 Å². The predicted octanol–water partition coefficient (Wildman–Crippen LogP) is 0.735. The van der Waals surface area contributed by atoms with Crippen LogP contribution in [0.25, 0.3) is 11.4 Å². The van der Waals surface area contributed by atoms with Crippen LogP contribution in [0.2, 0.25) is 0 Å². The number of nitrogens with two attached hydrogens (primary N) is 1. The number of hydrogen-bond acceptors (Lipinski definition) is 3. The van der Waals surface area contributed by atoms with Crippen molar-refractivity contribution in [3.05, 3.63) is 36.5 Å². The van der Waals surface area contributed by atoms with Crippen LogP contribution in [0.5, 0.6) is 0 Å². The zero-order valence-corrected chi connectivity index (χ0v) is 9.48. The van der Waals surface area contributed by atoms with Crippen molar-refractivity contribution in [3.63, 3.8) is 0 Å². The number of aromatic nitrogens is 2. The van der Waals surface area contributed by atoms with Gasteiger partial charge in [-0.1, -0.05) is 30.3 Å². The molecule has 0 spiro atoms. The van der Waals surface area contributed by atoms with Crippen molar-refractivity contribution in [2.45, 2.75) is 5.03 Å². The van der Waals surface area contributed by atoms with Crippen LogP contribution in [-0.4, -0.2) is 18.0 Å². The normalized spacial score (nSPS) is 11.6. The quantitative estimate of drug-likeness (QED) is 0.836. The molecule has 0 aliphatic carbocycles. The lowest BCUT2D eigenvalue weighted by Gasteiger charge is -1.99. The maximum absolute atomic E-state index is 11.1. The molecule has 0 aliphatic heterocycles. The smallest absolute Gasteiger partial charge is 0.257 e. The second kappa shape index (κ2) is 3.73. The van der Waals surface area contributed by atoms with Crippen molar-refractivity contribution in [2.75, 3.05) is 0 Å². The largest absolute Gasteiger partial charge is 0.333 e. The zero-order chi connectivity index (χ0) is 11.8. The van der Waals surface area contributed by atoms with Crippen LogP contribution < -0.4 is 5.14 Å². The minimum Gasteiger partial charge on any atom is -0.333 e. The molecule has 1 aromatic carbocycles. The number of rotatable bonds is 2. The van der Waals surface area contributed by atoms with Gasteiger partial charge in [0, 0.05) is 18.8 Å². The summed E-state index contributed by atoms with van der Waals surface area (Å²) in [6.45, 7) is 0. The van der Waals surface area contributed by atoms with Crippen LogP contribution in [0.4, 0.5) is 0 Å². The lowest BCUT2D eigenvalue weighted by molar-refractivity contribution is 0.594. The number of benzene rings is 1. The Morgan fingerprint density at radius 3 is 2.38 bits per heavy atom. The third-order valence-electron chi connectivity index (χ3n) is 2.18. The third-order valence-corrected chi connectivity index (χ3v) is 2.96. The molecule has 2 rings (SSSR count). The number of aryl methyl sites for hydroxylation is 1. The molecular weight excluding hydrogens is 226 g/mol. The Hall–Kier alpha value is -1.66. The number of hydrogen-bond donors (Lipinski definition) is 1. The van der Waals surface area contributed by atoms with Crippen LogP contribution in [0.1, 0.15) is 0 Å². The molecule has 2 N–H and O–H groups in total. The molecule has 0 amide bonds. The fourth-order valence-corrected chi connectivity index (χ4v) is 1.95. The molecule has 1 heterocycles. The Labute approximate surface area is 93.6 Å². The molecule has 0 saturated carbocycles. The molecule has 5 nitrogen and oxygen atoms in total. The number of primary sulfonamides is 1. The number of sulfonamides is 1. The van der Waals surface area contributed by atoms with E-state index in [4.69, 9.17) is 5.14 Å². The average Bonchev–Trinajstić information content (AvgIpc) is 2.61. The van der Waals surface area contributed by atoms with E-state index in [0.29, 0.717) is 5.82 Å². The van der Waals surface area contributed by atoms with Crippen LogP contribution >= 0.6 is 0 Å². The molecule has 6 heteroatoms. The summed E-state index contributed by atoms with van der Waals surface area (Å²) in [6, 6.07) is 9.32. The van der Waals surface area contributed by atoms with E-state index < -0.39 is 10.0 Å². The van der Waals surface area contributed by atoms with E-state index >= 15 is 0 Å². The van der Waals surface area contributed by atoms with E-state index in [1.165, 1.54) is 6.20 Å². The lowest BCUT2D eigenvalue weighted by Crippen LogP contribution is -2.12. The van der Waals surface area contributed by atoms with Crippen molar-refractivity contribution >= 4 is 10.0 Å². The minimum atomic E-state index is -3.74. The Balaban J connectivity index is 2.57. The molecule has 0 atom stereocenters. The van der Waals surface area contributed by atoms with Crippen LogP contribution in [0.15, 0.2) is 41.6 Å². The molecular formula is C10H11N3O2S. The number of imidazole rings is 1. The van der Waals surface area contributed by atoms with Gasteiger partial charge in [-0.3, -0.25) is 0 Å². The van der Waals surface area contributed by atoms with E-state index in [-0.39, 0.29) is 5.03 Å². The maximum atomic E-state index is 11.1. The topological polar surface area (TPSA) is 78.0 Å². The zero-order valence-electron chi connectivity index (χ0n) is 8.66. The molecule has 0 aliphatic rings. The number of nitrogens with zero attached hydrogens (tertiary/aromatic N) is 2. The first kappa shape index (κ1) is 10.8. The first-order valence-corrected chi connectivity index (χ1v) is 6.15. The van der Waals surface area contributed by atoms with Gasteiger partial charge in [-0.05, 0) is 0 Å². The Morgan fingerprint density at radius 1 is 1.25 bits per heavy atom. The molecule has 0 bridgehead atoms. The van der Waals surface area contributed by atoms with Crippen LogP contribution in [-0.2, 0) is 17.1 Å².